The fourth-order valence-corrected chi connectivity index (χ4v) is 1.77. The van der Waals surface area contributed by atoms with Crippen LogP contribution in [0, 0.1) is 11.3 Å². The van der Waals surface area contributed by atoms with Gasteiger partial charge in [0, 0.05) is 12.2 Å². The number of hydrogen-bond donors (Lipinski definition) is 0. The number of hydrogen-bond acceptors (Lipinski definition) is 5. The third-order valence-corrected chi connectivity index (χ3v) is 2.58. The van der Waals surface area contributed by atoms with Crippen LogP contribution in [0.2, 0.25) is 0 Å². The quantitative estimate of drug-likeness (QED) is 0.511. The van der Waals surface area contributed by atoms with E-state index < -0.39 is 0 Å². The molecule has 0 saturated carbocycles. The van der Waals surface area contributed by atoms with E-state index in [-0.39, 0.29) is 0 Å². The van der Waals surface area contributed by atoms with E-state index in [1.807, 2.05) is 0 Å². The number of nitriles is 1. The Balaban J connectivity index is 2.23. The highest BCUT2D eigenvalue weighted by atomic mass is 32.2. The third kappa shape index (κ3) is 2.33. The van der Waals surface area contributed by atoms with Gasteiger partial charge in [-0.2, -0.15) is 9.64 Å². The van der Waals surface area contributed by atoms with Crippen molar-refractivity contribution in [3.8, 4) is 6.07 Å². The average Bonchev–Trinajstić information content (AvgIpc) is 2.41. The molecule has 0 amide bonds. The summed E-state index contributed by atoms with van der Waals surface area (Å²) in [5, 5.41) is 8.20. The molecule has 1 aromatic heterocycles. The second-order valence-corrected chi connectivity index (χ2v) is 3.59. The topological polar surface area (TPSA) is 49.6 Å². The predicted molar refractivity (Wildman–Crippen MR) is 40.9 cm³/mol. The van der Waals surface area contributed by atoms with Crippen molar-refractivity contribution >= 4 is 23.3 Å². The van der Waals surface area contributed by atoms with Gasteiger partial charge in [-0.05, 0) is 11.5 Å². The van der Waals surface area contributed by atoms with E-state index in [2.05, 4.69) is 15.4 Å². The van der Waals surface area contributed by atoms with E-state index in [0.717, 1.165) is 10.1 Å². The Hall–Kier alpha value is -0.600. The van der Waals surface area contributed by atoms with Crippen molar-refractivity contribution in [1.29, 1.82) is 5.26 Å². The largest absolute Gasteiger partial charge is 0.216 e. The van der Waals surface area contributed by atoms with Gasteiger partial charge in [0.2, 0.25) is 0 Å². The van der Waals surface area contributed by atoms with E-state index in [1.165, 1.54) is 17.9 Å². The fraction of sp³-hybridized carbons (Fsp3) is 0.400. The van der Waals surface area contributed by atoms with E-state index >= 15 is 0 Å². The molecule has 3 nitrogen and oxygen atoms in total. The molecule has 1 heterocycles. The summed E-state index contributed by atoms with van der Waals surface area (Å²) < 4.78 is 4.77. The lowest BCUT2D eigenvalue weighted by atomic mass is 10.6. The molecular weight excluding hydrogens is 166 g/mol. The van der Waals surface area contributed by atoms with Crippen LogP contribution < -0.4 is 0 Å². The number of nitrogens with zero attached hydrogens (tertiary/aromatic N) is 3. The van der Waals surface area contributed by atoms with Crippen molar-refractivity contribution in [1.82, 2.24) is 9.36 Å². The molecule has 0 spiro atoms. The molecule has 5 heteroatoms. The Bertz CT molecular complexity index is 213. The Labute approximate surface area is 67.3 Å². The van der Waals surface area contributed by atoms with E-state index in [9.17, 15) is 0 Å². The molecule has 0 radical (unpaired) electrons. The van der Waals surface area contributed by atoms with Crippen LogP contribution in [-0.4, -0.2) is 15.1 Å². The number of thioether (sulfide) groups is 1. The molecule has 52 valence electrons. The van der Waals surface area contributed by atoms with Gasteiger partial charge < -0.3 is 0 Å². The zero-order valence-corrected chi connectivity index (χ0v) is 6.78. The standard InChI is InChI=1S/C5H5N3S2/c6-2-1-3-9-5-7-4-8-10-5/h4H,1,3H2. The molecule has 0 aliphatic heterocycles. The lowest BCUT2D eigenvalue weighted by Crippen LogP contribution is -1.73. The molecule has 0 unspecified atom stereocenters. The normalized spacial score (nSPS) is 9.10. The summed E-state index contributed by atoms with van der Waals surface area (Å²) in [4.78, 5) is 3.95. The maximum absolute atomic E-state index is 8.20. The molecule has 0 aliphatic carbocycles. The first-order valence-corrected chi connectivity index (χ1v) is 4.46. The lowest BCUT2D eigenvalue weighted by Gasteiger charge is -1.86. The summed E-state index contributed by atoms with van der Waals surface area (Å²) in [5.74, 6) is 0.811. The zero-order valence-electron chi connectivity index (χ0n) is 5.15. The van der Waals surface area contributed by atoms with E-state index in [0.29, 0.717) is 6.42 Å². The molecule has 0 aliphatic rings. The van der Waals surface area contributed by atoms with Gasteiger partial charge in [-0.15, -0.1) is 0 Å². The summed E-state index contributed by atoms with van der Waals surface area (Å²) in [5.41, 5.74) is 0. The zero-order chi connectivity index (χ0) is 7.23. The molecule has 0 N–H and O–H groups in total. The van der Waals surface area contributed by atoms with Crippen molar-refractivity contribution < 1.29 is 0 Å². The lowest BCUT2D eigenvalue weighted by molar-refractivity contribution is 1.19. The molecular formula is C5H5N3S2. The van der Waals surface area contributed by atoms with Crippen molar-refractivity contribution in [3.63, 3.8) is 0 Å². The predicted octanol–water partition coefficient (Wildman–Crippen LogP) is 1.54. The van der Waals surface area contributed by atoms with Gasteiger partial charge in [-0.3, -0.25) is 0 Å². The van der Waals surface area contributed by atoms with Crippen molar-refractivity contribution in [2.24, 2.45) is 0 Å². The van der Waals surface area contributed by atoms with Crippen LogP contribution in [0.4, 0.5) is 0 Å². The van der Waals surface area contributed by atoms with Crippen molar-refractivity contribution in [2.45, 2.75) is 10.8 Å². The van der Waals surface area contributed by atoms with Gasteiger partial charge in [0.25, 0.3) is 0 Å². The second-order valence-electron chi connectivity index (χ2n) is 1.46. The highest BCUT2D eigenvalue weighted by molar-refractivity contribution is 8.00. The minimum atomic E-state index is 0.574. The average molecular weight is 171 g/mol. The van der Waals surface area contributed by atoms with E-state index in [1.54, 1.807) is 11.8 Å². The Kier molecular flexibility index (Phi) is 3.19. The summed E-state index contributed by atoms with van der Waals surface area (Å²) in [6.07, 6.45) is 2.10. The van der Waals surface area contributed by atoms with Crippen LogP contribution in [0.1, 0.15) is 6.42 Å². The van der Waals surface area contributed by atoms with Crippen LogP contribution in [-0.2, 0) is 0 Å². The highest BCUT2D eigenvalue weighted by Gasteiger charge is 1.94. The Morgan fingerprint density at radius 1 is 1.80 bits per heavy atom. The minimum absolute atomic E-state index is 0.574. The van der Waals surface area contributed by atoms with Gasteiger partial charge in [-0.1, -0.05) is 11.8 Å². The van der Waals surface area contributed by atoms with Crippen molar-refractivity contribution in [2.75, 3.05) is 5.75 Å². The Morgan fingerprint density at radius 3 is 3.30 bits per heavy atom. The Morgan fingerprint density at radius 2 is 2.70 bits per heavy atom. The highest BCUT2D eigenvalue weighted by Crippen LogP contribution is 2.18. The fourth-order valence-electron chi connectivity index (χ4n) is 0.411. The molecule has 0 fully saturated rings. The number of aromatic nitrogens is 2. The molecule has 1 aromatic rings. The summed E-state index contributed by atoms with van der Waals surface area (Å²) in [6, 6.07) is 2.07. The molecule has 0 atom stereocenters. The van der Waals surface area contributed by atoms with Crippen molar-refractivity contribution in [3.05, 3.63) is 6.33 Å². The van der Waals surface area contributed by atoms with Crippen LogP contribution >= 0.6 is 23.3 Å². The first kappa shape index (κ1) is 7.51. The number of rotatable bonds is 3. The SMILES string of the molecule is N#CCCSc1ncns1. The van der Waals surface area contributed by atoms with E-state index in [4.69, 9.17) is 5.26 Å². The summed E-state index contributed by atoms with van der Waals surface area (Å²) in [7, 11) is 0. The van der Waals surface area contributed by atoms with Gasteiger partial charge >= 0.3 is 0 Å². The maximum atomic E-state index is 8.20. The molecule has 0 bridgehead atoms. The molecule has 10 heavy (non-hydrogen) atoms. The summed E-state index contributed by atoms with van der Waals surface area (Å²) >= 11 is 2.94. The maximum Gasteiger partial charge on any atom is 0.169 e. The van der Waals surface area contributed by atoms with Crippen LogP contribution in [0.5, 0.6) is 0 Å². The smallest absolute Gasteiger partial charge is 0.169 e. The minimum Gasteiger partial charge on any atom is -0.216 e. The van der Waals surface area contributed by atoms with Gasteiger partial charge in [0.1, 0.15) is 6.33 Å². The molecule has 0 saturated heterocycles. The third-order valence-electron chi connectivity index (χ3n) is 0.780. The van der Waals surface area contributed by atoms with Gasteiger partial charge in [-0.25, -0.2) is 4.98 Å². The van der Waals surface area contributed by atoms with Crippen LogP contribution in [0.15, 0.2) is 10.7 Å². The first-order chi connectivity index (χ1) is 4.93. The van der Waals surface area contributed by atoms with Gasteiger partial charge in [0.15, 0.2) is 4.34 Å². The van der Waals surface area contributed by atoms with Crippen LogP contribution in [0.25, 0.3) is 0 Å². The molecule has 1 rings (SSSR count). The molecule has 0 aromatic carbocycles. The second kappa shape index (κ2) is 4.25. The first-order valence-electron chi connectivity index (χ1n) is 2.70. The van der Waals surface area contributed by atoms with Gasteiger partial charge in [0.05, 0.1) is 6.07 Å². The van der Waals surface area contributed by atoms with Crippen LogP contribution in [0.3, 0.4) is 0 Å². The summed E-state index contributed by atoms with van der Waals surface area (Å²) in [6.45, 7) is 0. The monoisotopic (exact) mass is 171 g/mol.